The Morgan fingerprint density at radius 1 is 1.33 bits per heavy atom. The van der Waals surface area contributed by atoms with E-state index in [1.54, 1.807) is 0 Å². The number of nitrogens with zero attached hydrogens (tertiary/aromatic N) is 3. The maximum atomic E-state index is 14.5. The molecule has 30 heavy (non-hydrogen) atoms. The van der Waals surface area contributed by atoms with Crippen LogP contribution in [-0.2, 0) is 16.7 Å². The van der Waals surface area contributed by atoms with E-state index in [4.69, 9.17) is 27.9 Å². The van der Waals surface area contributed by atoms with Crippen LogP contribution in [0.25, 0.3) is 0 Å². The Morgan fingerprint density at radius 3 is 2.67 bits per heavy atom. The van der Waals surface area contributed by atoms with Crippen molar-refractivity contribution in [2.45, 2.75) is 44.5 Å². The lowest BCUT2D eigenvalue weighted by atomic mass is 9.88. The predicted octanol–water partition coefficient (Wildman–Crippen LogP) is 5.33. The van der Waals surface area contributed by atoms with Crippen molar-refractivity contribution in [3.63, 3.8) is 0 Å². The van der Waals surface area contributed by atoms with Crippen molar-refractivity contribution in [3.8, 4) is 0 Å². The van der Waals surface area contributed by atoms with Crippen molar-refractivity contribution >= 4 is 34.9 Å². The van der Waals surface area contributed by atoms with Gasteiger partial charge in [-0.1, -0.05) is 23.2 Å². The number of carbonyl (C=O) groups is 1. The Hall–Kier alpha value is -2.26. The topological polar surface area (TPSA) is 64.4 Å². The standard InChI is InChI=1S/C19H15Cl2F4N3O2/c1-9-28-18(2,7-15(30-9)19(23,24)25)17-13(22)4-3-11(27-17)6-14(29)16-12(21)5-10(20)8-26-16/h3-5,8,15H,6-7H2,1-2H3/t15-,18-/m0/s1. The van der Waals surface area contributed by atoms with E-state index in [9.17, 15) is 22.4 Å². The molecule has 2 aromatic heterocycles. The molecular formula is C19H15Cl2F4N3O2. The van der Waals surface area contributed by atoms with E-state index >= 15 is 0 Å². The second-order valence-corrected chi connectivity index (χ2v) is 7.82. The largest absolute Gasteiger partial charge is 0.468 e. The Bertz CT molecular complexity index is 1030. The van der Waals surface area contributed by atoms with Gasteiger partial charge in [-0.3, -0.25) is 9.78 Å². The van der Waals surface area contributed by atoms with Crippen LogP contribution in [0.3, 0.4) is 0 Å². The lowest BCUT2D eigenvalue weighted by molar-refractivity contribution is -0.208. The molecule has 0 radical (unpaired) electrons. The normalized spacial score (nSPS) is 21.7. The van der Waals surface area contributed by atoms with Crippen LogP contribution in [-0.4, -0.2) is 33.9 Å². The quantitative estimate of drug-likeness (QED) is 0.453. The zero-order valence-electron chi connectivity index (χ0n) is 15.7. The molecule has 0 saturated heterocycles. The molecule has 0 spiro atoms. The first-order valence-electron chi connectivity index (χ1n) is 8.69. The van der Waals surface area contributed by atoms with Crippen LogP contribution in [0.1, 0.15) is 42.1 Å². The highest BCUT2D eigenvalue weighted by atomic mass is 35.5. The fourth-order valence-corrected chi connectivity index (χ4v) is 3.67. The van der Waals surface area contributed by atoms with Gasteiger partial charge in [0.15, 0.2) is 17.8 Å². The zero-order chi connectivity index (χ0) is 22.3. The molecule has 5 nitrogen and oxygen atoms in total. The highest BCUT2D eigenvalue weighted by Gasteiger charge is 2.50. The monoisotopic (exact) mass is 463 g/mol. The molecule has 3 heterocycles. The van der Waals surface area contributed by atoms with E-state index in [1.807, 2.05) is 0 Å². The third-order valence-electron chi connectivity index (χ3n) is 4.49. The Labute approximate surface area is 179 Å². The van der Waals surface area contributed by atoms with Gasteiger partial charge < -0.3 is 4.74 Å². The number of hydrogen-bond donors (Lipinski definition) is 0. The van der Waals surface area contributed by atoms with Gasteiger partial charge in [0.25, 0.3) is 0 Å². The molecular weight excluding hydrogens is 449 g/mol. The zero-order valence-corrected chi connectivity index (χ0v) is 17.2. The number of aliphatic imine (C=N–C) groups is 1. The maximum absolute atomic E-state index is 14.5. The van der Waals surface area contributed by atoms with Gasteiger partial charge in [0.1, 0.15) is 22.7 Å². The number of aromatic nitrogens is 2. The number of Topliss-reactive ketones (excluding diaryl/α,β-unsaturated/α-hetero) is 1. The summed E-state index contributed by atoms with van der Waals surface area (Å²) in [5.41, 5.74) is -1.84. The third kappa shape index (κ3) is 4.73. The van der Waals surface area contributed by atoms with Crippen molar-refractivity contribution in [1.82, 2.24) is 9.97 Å². The second-order valence-electron chi connectivity index (χ2n) is 6.97. The summed E-state index contributed by atoms with van der Waals surface area (Å²) < 4.78 is 58.9. The van der Waals surface area contributed by atoms with Crippen molar-refractivity contribution < 1.29 is 27.1 Å². The summed E-state index contributed by atoms with van der Waals surface area (Å²) in [4.78, 5) is 24.6. The molecule has 3 rings (SSSR count). The molecule has 11 heteroatoms. The number of hydrogen-bond acceptors (Lipinski definition) is 5. The van der Waals surface area contributed by atoms with Crippen LogP contribution in [0.2, 0.25) is 10.0 Å². The van der Waals surface area contributed by atoms with Gasteiger partial charge in [0, 0.05) is 25.2 Å². The minimum absolute atomic E-state index is 0.0412. The van der Waals surface area contributed by atoms with E-state index in [-0.39, 0.29) is 39.4 Å². The van der Waals surface area contributed by atoms with E-state index in [0.717, 1.165) is 6.07 Å². The van der Waals surface area contributed by atoms with E-state index in [1.165, 1.54) is 32.2 Å². The van der Waals surface area contributed by atoms with Gasteiger partial charge in [-0.25, -0.2) is 14.4 Å². The smallest absolute Gasteiger partial charge is 0.425 e. The first-order chi connectivity index (χ1) is 13.9. The lowest BCUT2D eigenvalue weighted by Crippen LogP contribution is -2.43. The van der Waals surface area contributed by atoms with E-state index in [2.05, 4.69) is 15.0 Å². The van der Waals surface area contributed by atoms with Crippen molar-refractivity contribution in [2.75, 3.05) is 0 Å². The van der Waals surface area contributed by atoms with E-state index in [0.29, 0.717) is 0 Å². The van der Waals surface area contributed by atoms with Crippen LogP contribution in [0.5, 0.6) is 0 Å². The highest BCUT2D eigenvalue weighted by molar-refractivity contribution is 6.36. The summed E-state index contributed by atoms with van der Waals surface area (Å²) in [5.74, 6) is -1.58. The summed E-state index contributed by atoms with van der Waals surface area (Å²) in [7, 11) is 0. The molecule has 0 N–H and O–H groups in total. The number of halogens is 6. The molecule has 0 bridgehead atoms. The lowest BCUT2D eigenvalue weighted by Gasteiger charge is -2.35. The summed E-state index contributed by atoms with van der Waals surface area (Å²) in [6, 6.07) is 3.65. The Morgan fingerprint density at radius 2 is 2.03 bits per heavy atom. The summed E-state index contributed by atoms with van der Waals surface area (Å²) in [6.45, 7) is 2.60. The van der Waals surface area contributed by atoms with Crippen LogP contribution < -0.4 is 0 Å². The number of pyridine rings is 2. The SMILES string of the molecule is CC1=N[C@](C)(c2nc(CC(=O)c3ncc(Cl)cc3Cl)ccc2F)C[C@@H](C(F)(F)F)O1. The average Bonchev–Trinajstić information content (AvgIpc) is 2.61. The van der Waals surface area contributed by atoms with Crippen LogP contribution in [0, 0.1) is 5.82 Å². The highest BCUT2D eigenvalue weighted by Crippen LogP contribution is 2.40. The number of ether oxygens (including phenoxy) is 1. The molecule has 160 valence electrons. The van der Waals surface area contributed by atoms with Gasteiger partial charge in [0.2, 0.25) is 0 Å². The molecule has 1 aliphatic heterocycles. The van der Waals surface area contributed by atoms with Crippen LogP contribution in [0.4, 0.5) is 17.6 Å². The fraction of sp³-hybridized carbons (Fsp3) is 0.368. The van der Waals surface area contributed by atoms with Crippen molar-refractivity contribution in [1.29, 1.82) is 0 Å². The van der Waals surface area contributed by atoms with Crippen molar-refractivity contribution in [3.05, 3.63) is 57.3 Å². The average molecular weight is 464 g/mol. The first kappa shape index (κ1) is 22.4. The fourth-order valence-electron chi connectivity index (χ4n) is 3.19. The number of alkyl halides is 3. The number of carbonyl (C=O) groups excluding carboxylic acids is 1. The minimum Gasteiger partial charge on any atom is -0.468 e. The van der Waals surface area contributed by atoms with E-state index < -0.39 is 35.8 Å². The molecule has 0 amide bonds. The number of ketones is 1. The van der Waals surface area contributed by atoms with Crippen LogP contribution in [0.15, 0.2) is 29.4 Å². The van der Waals surface area contributed by atoms with Crippen LogP contribution >= 0.6 is 23.2 Å². The van der Waals surface area contributed by atoms with Gasteiger partial charge >= 0.3 is 6.18 Å². The molecule has 0 fully saturated rings. The summed E-state index contributed by atoms with van der Waals surface area (Å²) >= 11 is 11.7. The first-order valence-corrected chi connectivity index (χ1v) is 9.44. The van der Waals surface area contributed by atoms with Crippen molar-refractivity contribution in [2.24, 2.45) is 4.99 Å². The summed E-state index contributed by atoms with van der Waals surface area (Å²) in [6.07, 6.45) is -6.50. The molecule has 0 saturated carbocycles. The second kappa shape index (κ2) is 8.11. The molecule has 0 aliphatic carbocycles. The minimum atomic E-state index is -4.65. The molecule has 1 aliphatic rings. The molecule has 0 unspecified atom stereocenters. The maximum Gasteiger partial charge on any atom is 0.425 e. The van der Waals surface area contributed by atoms with Gasteiger partial charge in [-0.2, -0.15) is 13.2 Å². The third-order valence-corrected chi connectivity index (χ3v) is 4.99. The Balaban J connectivity index is 1.93. The van der Waals surface area contributed by atoms with Gasteiger partial charge in [0.05, 0.1) is 16.5 Å². The number of rotatable bonds is 4. The summed E-state index contributed by atoms with van der Waals surface area (Å²) in [5, 5.41) is 0.290. The van der Waals surface area contributed by atoms with Gasteiger partial charge in [-0.05, 0) is 25.1 Å². The molecule has 2 aromatic rings. The predicted molar refractivity (Wildman–Crippen MR) is 102 cm³/mol. The molecule has 0 aromatic carbocycles. The van der Waals surface area contributed by atoms with Gasteiger partial charge in [-0.15, -0.1) is 0 Å². The molecule has 2 atom stereocenters. The Kier molecular flexibility index (Phi) is 6.06.